The van der Waals surface area contributed by atoms with Crippen LogP contribution in [0.2, 0.25) is 0 Å². The second-order valence-corrected chi connectivity index (χ2v) is 4.83. The Morgan fingerprint density at radius 1 is 0.810 bits per heavy atom. The number of alkyl halides is 2. The van der Waals surface area contributed by atoms with E-state index >= 15 is 0 Å². The molecule has 0 rings (SSSR count). The summed E-state index contributed by atoms with van der Waals surface area (Å²) in [6, 6.07) is 0. The molecule has 0 aliphatic carbocycles. The number of halogens is 3. The Hall–Kier alpha value is 0.249. The Bertz CT molecular complexity index is 266. The average Bonchev–Trinajstić information content (AvgIpc) is 2.27. The van der Waals surface area contributed by atoms with Gasteiger partial charge in [0.25, 0.3) is 0 Å². The molecule has 0 heterocycles. The van der Waals surface area contributed by atoms with E-state index in [-0.39, 0.29) is 42.6 Å². The van der Waals surface area contributed by atoms with E-state index in [0.717, 1.165) is 6.54 Å². The minimum absolute atomic E-state index is 0. The molecule has 0 aromatic heterocycles. The third-order valence-electron chi connectivity index (χ3n) is 2.47. The fourth-order valence-corrected chi connectivity index (χ4v) is 2.17. The zero-order chi connectivity index (χ0) is 14.7. The Labute approximate surface area is 151 Å². The largest absolute Gasteiger partial charge is 0.480 e. The maximum Gasteiger partial charge on any atom is 0.317 e. The van der Waals surface area contributed by atoms with Crippen molar-refractivity contribution in [2.75, 3.05) is 51.0 Å². The van der Waals surface area contributed by atoms with Crippen molar-refractivity contribution in [2.24, 2.45) is 0 Å². The summed E-state index contributed by atoms with van der Waals surface area (Å²) in [5.41, 5.74) is 0. The van der Waals surface area contributed by atoms with Crippen LogP contribution in [0.1, 0.15) is 6.42 Å². The van der Waals surface area contributed by atoms with Gasteiger partial charge >= 0.3 is 11.9 Å². The third kappa shape index (κ3) is 16.4. The first-order chi connectivity index (χ1) is 8.99. The van der Waals surface area contributed by atoms with Crippen LogP contribution in [-0.2, 0) is 26.7 Å². The minimum atomic E-state index is -1.03. The van der Waals surface area contributed by atoms with E-state index in [1.165, 1.54) is 4.90 Å². The van der Waals surface area contributed by atoms with E-state index in [0.29, 0.717) is 37.8 Å². The molecule has 0 aromatic carbocycles. The quantitative estimate of drug-likeness (QED) is 0.367. The molecule has 0 unspecified atom stereocenters. The number of rotatable bonds is 12. The van der Waals surface area contributed by atoms with E-state index in [9.17, 15) is 9.59 Å². The molecule has 0 amide bonds. The van der Waals surface area contributed by atoms with E-state index < -0.39 is 11.9 Å². The van der Waals surface area contributed by atoms with Gasteiger partial charge in [-0.25, -0.2) is 0 Å². The first-order valence-corrected chi connectivity index (χ1v) is 7.06. The second kappa shape index (κ2) is 16.6. The molecule has 21 heavy (non-hydrogen) atoms. The first-order valence-electron chi connectivity index (χ1n) is 5.99. The standard InChI is InChI=1S/C11H20Cl2N2O4.ClH.Cu/c12-2-6-14(7-3-13)4-1-5-15(8-10(16)17)9-11(18)19;;/h1-9H2,(H,16,17)(H,18,19);1H;. The summed E-state index contributed by atoms with van der Waals surface area (Å²) >= 11 is 11.3. The summed E-state index contributed by atoms with van der Waals surface area (Å²) in [6.07, 6.45) is 0.675. The van der Waals surface area contributed by atoms with Gasteiger partial charge in [0.05, 0.1) is 13.1 Å². The summed E-state index contributed by atoms with van der Waals surface area (Å²) in [7, 11) is 0. The molecule has 0 aromatic rings. The molecular formula is C11H21Cl3CuN2O4. The van der Waals surface area contributed by atoms with Crippen LogP contribution in [0.15, 0.2) is 0 Å². The van der Waals surface area contributed by atoms with Gasteiger partial charge in [-0.3, -0.25) is 14.5 Å². The van der Waals surface area contributed by atoms with Crippen LogP contribution in [0.3, 0.4) is 0 Å². The van der Waals surface area contributed by atoms with Gasteiger partial charge in [0.15, 0.2) is 0 Å². The monoisotopic (exact) mass is 413 g/mol. The first kappa shape index (κ1) is 26.2. The van der Waals surface area contributed by atoms with Gasteiger partial charge in [-0.1, -0.05) is 0 Å². The molecule has 2 N–H and O–H groups in total. The van der Waals surface area contributed by atoms with E-state index in [2.05, 4.69) is 4.90 Å². The predicted octanol–water partition coefficient (Wildman–Crippen LogP) is 1.05. The summed E-state index contributed by atoms with van der Waals surface area (Å²) in [5.74, 6) is -1.05. The summed E-state index contributed by atoms with van der Waals surface area (Å²) in [5, 5.41) is 17.4. The predicted molar refractivity (Wildman–Crippen MR) is 81.5 cm³/mol. The SMILES string of the molecule is Cl.O=C(O)CN(CCCN(CCCl)CCCl)CC(=O)O.[Cu]. The van der Waals surface area contributed by atoms with Gasteiger partial charge in [0.1, 0.15) is 0 Å². The molecule has 0 atom stereocenters. The summed E-state index contributed by atoms with van der Waals surface area (Å²) in [6.45, 7) is 2.03. The fourth-order valence-electron chi connectivity index (χ4n) is 1.69. The van der Waals surface area contributed by atoms with Crippen LogP contribution in [0.4, 0.5) is 0 Å². The van der Waals surface area contributed by atoms with Crippen molar-refractivity contribution in [1.29, 1.82) is 0 Å². The van der Waals surface area contributed by atoms with Crippen molar-refractivity contribution in [3.8, 4) is 0 Å². The van der Waals surface area contributed by atoms with Gasteiger partial charge in [0, 0.05) is 48.5 Å². The maximum absolute atomic E-state index is 10.6. The maximum atomic E-state index is 10.6. The van der Waals surface area contributed by atoms with Gasteiger partial charge in [0.2, 0.25) is 0 Å². The topological polar surface area (TPSA) is 81.1 Å². The van der Waals surface area contributed by atoms with Crippen molar-refractivity contribution >= 4 is 47.5 Å². The summed E-state index contributed by atoms with van der Waals surface area (Å²) in [4.78, 5) is 24.7. The second-order valence-electron chi connectivity index (χ2n) is 4.07. The zero-order valence-corrected chi connectivity index (χ0v) is 14.7. The molecule has 10 heteroatoms. The molecule has 0 saturated heterocycles. The number of carbonyl (C=O) groups is 2. The van der Waals surface area contributed by atoms with Crippen molar-refractivity contribution in [2.45, 2.75) is 6.42 Å². The molecule has 0 saturated carbocycles. The zero-order valence-electron chi connectivity index (χ0n) is 11.4. The Balaban J connectivity index is -0.00000162. The van der Waals surface area contributed by atoms with Crippen LogP contribution in [0.25, 0.3) is 0 Å². The van der Waals surface area contributed by atoms with Gasteiger partial charge in [-0.2, -0.15) is 0 Å². The molecule has 0 aliphatic rings. The molecule has 131 valence electrons. The number of aliphatic carboxylic acids is 2. The minimum Gasteiger partial charge on any atom is -0.480 e. The van der Waals surface area contributed by atoms with Crippen molar-refractivity contribution in [3.05, 3.63) is 0 Å². The molecule has 0 bridgehead atoms. The number of hydrogen-bond donors (Lipinski definition) is 2. The van der Waals surface area contributed by atoms with Crippen LogP contribution in [0, 0.1) is 0 Å². The van der Waals surface area contributed by atoms with Gasteiger partial charge in [-0.15, -0.1) is 35.6 Å². The Morgan fingerprint density at radius 3 is 1.52 bits per heavy atom. The normalized spacial score (nSPS) is 10.1. The fraction of sp³-hybridized carbons (Fsp3) is 0.818. The van der Waals surface area contributed by atoms with E-state index in [1.807, 2.05) is 0 Å². The number of hydrogen-bond acceptors (Lipinski definition) is 4. The van der Waals surface area contributed by atoms with E-state index in [1.54, 1.807) is 0 Å². The number of carboxylic acid groups (broad SMARTS) is 2. The molecule has 0 fully saturated rings. The number of carboxylic acids is 2. The smallest absolute Gasteiger partial charge is 0.317 e. The molecule has 0 aliphatic heterocycles. The van der Waals surface area contributed by atoms with Crippen LogP contribution < -0.4 is 0 Å². The molecule has 6 nitrogen and oxygen atoms in total. The van der Waals surface area contributed by atoms with Crippen molar-refractivity contribution in [3.63, 3.8) is 0 Å². The van der Waals surface area contributed by atoms with Crippen LogP contribution in [0.5, 0.6) is 0 Å². The molecular weight excluding hydrogens is 394 g/mol. The van der Waals surface area contributed by atoms with Gasteiger partial charge in [-0.05, 0) is 13.0 Å². The Morgan fingerprint density at radius 2 is 1.19 bits per heavy atom. The van der Waals surface area contributed by atoms with Crippen molar-refractivity contribution < 1.29 is 36.9 Å². The van der Waals surface area contributed by atoms with Crippen LogP contribution in [-0.4, -0.2) is 83.0 Å². The van der Waals surface area contributed by atoms with Crippen molar-refractivity contribution in [1.82, 2.24) is 9.80 Å². The average molecular weight is 415 g/mol. The number of nitrogens with zero attached hydrogens (tertiary/aromatic N) is 2. The van der Waals surface area contributed by atoms with Gasteiger partial charge < -0.3 is 15.1 Å². The molecule has 0 spiro atoms. The Kier molecular flexibility index (Phi) is 20.7. The van der Waals surface area contributed by atoms with E-state index in [4.69, 9.17) is 33.4 Å². The summed E-state index contributed by atoms with van der Waals surface area (Å²) < 4.78 is 0. The third-order valence-corrected chi connectivity index (χ3v) is 2.81. The molecule has 1 radical (unpaired) electrons. The van der Waals surface area contributed by atoms with Crippen LogP contribution >= 0.6 is 35.6 Å².